The lowest BCUT2D eigenvalue weighted by atomic mass is 10.0. The Morgan fingerprint density at radius 1 is 1.25 bits per heavy atom. The van der Waals surface area contributed by atoms with Crippen LogP contribution in [0.4, 0.5) is 0 Å². The topological polar surface area (TPSA) is 46.2 Å². The summed E-state index contributed by atoms with van der Waals surface area (Å²) in [7, 11) is -3.18. The fourth-order valence-electron chi connectivity index (χ4n) is 1.12. The molecular weight excluding hydrogens is 358 g/mol. The third-order valence-electron chi connectivity index (χ3n) is 2.52. The Hall–Kier alpha value is 0.870. The standard InChI is InChI=1S/C10H21Br2NO2S/c1-4-10(7-11,8-12)13-16(14,15)6-5-9(2)3/h9,13H,4-8H2,1-3H3. The highest BCUT2D eigenvalue weighted by atomic mass is 79.9. The van der Waals surface area contributed by atoms with Crippen molar-refractivity contribution in [2.75, 3.05) is 16.4 Å². The van der Waals surface area contributed by atoms with Gasteiger partial charge in [0, 0.05) is 10.7 Å². The highest BCUT2D eigenvalue weighted by Crippen LogP contribution is 2.18. The van der Waals surface area contributed by atoms with Crippen LogP contribution in [-0.2, 0) is 10.0 Å². The van der Waals surface area contributed by atoms with Crippen LogP contribution in [0.15, 0.2) is 0 Å². The van der Waals surface area contributed by atoms with E-state index in [4.69, 9.17) is 0 Å². The quantitative estimate of drug-likeness (QED) is 0.660. The van der Waals surface area contributed by atoms with E-state index in [1.165, 1.54) is 0 Å². The number of hydrogen-bond donors (Lipinski definition) is 1. The molecular formula is C10H21Br2NO2S. The van der Waals surface area contributed by atoms with Gasteiger partial charge in [-0.05, 0) is 18.8 Å². The minimum absolute atomic E-state index is 0.201. The monoisotopic (exact) mass is 377 g/mol. The van der Waals surface area contributed by atoms with Crippen molar-refractivity contribution < 1.29 is 8.42 Å². The molecule has 0 aromatic heterocycles. The molecule has 0 aliphatic carbocycles. The van der Waals surface area contributed by atoms with Gasteiger partial charge < -0.3 is 0 Å². The summed E-state index contributed by atoms with van der Waals surface area (Å²) in [5, 5.41) is 1.23. The number of halogens is 2. The second-order valence-electron chi connectivity index (χ2n) is 4.50. The zero-order valence-electron chi connectivity index (χ0n) is 10.1. The van der Waals surface area contributed by atoms with Crippen molar-refractivity contribution >= 4 is 41.9 Å². The summed E-state index contributed by atoms with van der Waals surface area (Å²) >= 11 is 6.74. The van der Waals surface area contributed by atoms with Gasteiger partial charge in [-0.3, -0.25) is 0 Å². The van der Waals surface area contributed by atoms with Gasteiger partial charge in [0.2, 0.25) is 10.0 Å². The number of rotatable bonds is 8. The lowest BCUT2D eigenvalue weighted by molar-refractivity contribution is 0.456. The fraction of sp³-hybridized carbons (Fsp3) is 1.00. The van der Waals surface area contributed by atoms with E-state index >= 15 is 0 Å². The predicted molar refractivity (Wildman–Crippen MR) is 77.0 cm³/mol. The minimum Gasteiger partial charge on any atom is -0.212 e. The van der Waals surface area contributed by atoms with E-state index in [0.29, 0.717) is 23.0 Å². The Labute approximate surface area is 116 Å². The average Bonchev–Trinajstić information content (AvgIpc) is 2.24. The van der Waals surface area contributed by atoms with E-state index in [-0.39, 0.29) is 5.75 Å². The molecule has 0 saturated heterocycles. The Balaban J connectivity index is 4.54. The molecule has 0 atom stereocenters. The van der Waals surface area contributed by atoms with Crippen LogP contribution >= 0.6 is 31.9 Å². The van der Waals surface area contributed by atoms with Gasteiger partial charge in [-0.1, -0.05) is 52.6 Å². The van der Waals surface area contributed by atoms with Gasteiger partial charge in [0.15, 0.2) is 0 Å². The van der Waals surface area contributed by atoms with Gasteiger partial charge in [-0.25, -0.2) is 13.1 Å². The van der Waals surface area contributed by atoms with Crippen LogP contribution in [0.5, 0.6) is 0 Å². The van der Waals surface area contributed by atoms with Crippen LogP contribution in [0.1, 0.15) is 33.6 Å². The second kappa shape index (κ2) is 7.34. The van der Waals surface area contributed by atoms with Crippen molar-refractivity contribution in [3.63, 3.8) is 0 Å². The molecule has 0 aromatic rings. The van der Waals surface area contributed by atoms with E-state index in [1.807, 2.05) is 20.8 Å². The van der Waals surface area contributed by atoms with Gasteiger partial charge in [-0.15, -0.1) is 0 Å². The first-order valence-corrected chi connectivity index (χ1v) is 9.34. The smallest absolute Gasteiger partial charge is 0.212 e. The summed E-state index contributed by atoms with van der Waals surface area (Å²) in [6.45, 7) is 6.03. The van der Waals surface area contributed by atoms with Gasteiger partial charge in [0.1, 0.15) is 0 Å². The maximum Gasteiger partial charge on any atom is 0.212 e. The molecule has 0 fully saturated rings. The third kappa shape index (κ3) is 5.98. The zero-order chi connectivity index (χ0) is 12.8. The highest BCUT2D eigenvalue weighted by Gasteiger charge is 2.30. The van der Waals surface area contributed by atoms with Gasteiger partial charge >= 0.3 is 0 Å². The molecule has 0 unspecified atom stereocenters. The lowest BCUT2D eigenvalue weighted by Gasteiger charge is -2.29. The highest BCUT2D eigenvalue weighted by molar-refractivity contribution is 9.09. The zero-order valence-corrected chi connectivity index (χ0v) is 14.1. The van der Waals surface area contributed by atoms with E-state index in [2.05, 4.69) is 36.6 Å². The van der Waals surface area contributed by atoms with Crippen LogP contribution in [0, 0.1) is 5.92 Å². The van der Waals surface area contributed by atoms with E-state index in [9.17, 15) is 8.42 Å². The largest absolute Gasteiger partial charge is 0.212 e. The predicted octanol–water partition coefficient (Wildman–Crippen LogP) is 2.89. The Bertz CT molecular complexity index is 279. The molecule has 0 amide bonds. The van der Waals surface area contributed by atoms with Crippen LogP contribution in [0.25, 0.3) is 0 Å². The Morgan fingerprint density at radius 2 is 1.75 bits per heavy atom. The SMILES string of the molecule is CCC(CBr)(CBr)NS(=O)(=O)CCC(C)C. The van der Waals surface area contributed by atoms with Crippen molar-refractivity contribution in [3.8, 4) is 0 Å². The normalized spacial score (nSPS) is 13.4. The molecule has 0 rings (SSSR count). The van der Waals surface area contributed by atoms with Crippen molar-refractivity contribution in [1.82, 2.24) is 4.72 Å². The molecule has 0 aromatic carbocycles. The first-order valence-electron chi connectivity index (χ1n) is 5.44. The summed E-state index contributed by atoms with van der Waals surface area (Å²) in [5.74, 6) is 0.604. The molecule has 0 saturated carbocycles. The maximum atomic E-state index is 11.9. The lowest BCUT2D eigenvalue weighted by Crippen LogP contribution is -2.51. The molecule has 0 bridgehead atoms. The van der Waals surface area contributed by atoms with Crippen molar-refractivity contribution in [2.45, 2.75) is 39.2 Å². The molecule has 0 aliphatic heterocycles. The summed E-state index contributed by atoms with van der Waals surface area (Å²) in [6, 6.07) is 0. The molecule has 1 N–H and O–H groups in total. The van der Waals surface area contributed by atoms with E-state index in [0.717, 1.165) is 6.42 Å². The molecule has 3 nitrogen and oxygen atoms in total. The number of sulfonamides is 1. The number of hydrogen-bond acceptors (Lipinski definition) is 2. The van der Waals surface area contributed by atoms with Crippen LogP contribution in [0.2, 0.25) is 0 Å². The summed E-state index contributed by atoms with van der Waals surface area (Å²) in [6.07, 6.45) is 1.45. The van der Waals surface area contributed by atoms with E-state index in [1.54, 1.807) is 0 Å². The minimum atomic E-state index is -3.18. The molecule has 0 radical (unpaired) electrons. The number of alkyl halides is 2. The van der Waals surface area contributed by atoms with Gasteiger partial charge in [-0.2, -0.15) is 0 Å². The number of nitrogens with one attached hydrogen (secondary N) is 1. The van der Waals surface area contributed by atoms with Crippen LogP contribution < -0.4 is 4.72 Å². The fourth-order valence-corrected chi connectivity index (χ4v) is 5.33. The third-order valence-corrected chi connectivity index (χ3v) is 6.19. The molecule has 98 valence electrons. The molecule has 6 heteroatoms. The first-order chi connectivity index (χ1) is 7.31. The maximum absolute atomic E-state index is 11.9. The van der Waals surface area contributed by atoms with Crippen LogP contribution in [0.3, 0.4) is 0 Å². The van der Waals surface area contributed by atoms with Gasteiger partial charge in [0.25, 0.3) is 0 Å². The summed E-state index contributed by atoms with van der Waals surface area (Å²) in [5.41, 5.74) is -0.407. The first kappa shape index (κ1) is 16.9. The van der Waals surface area contributed by atoms with Crippen molar-refractivity contribution in [3.05, 3.63) is 0 Å². The van der Waals surface area contributed by atoms with E-state index < -0.39 is 15.6 Å². The molecule has 0 spiro atoms. The second-order valence-corrected chi connectivity index (χ2v) is 7.47. The molecule has 0 heterocycles. The molecule has 16 heavy (non-hydrogen) atoms. The van der Waals surface area contributed by atoms with Crippen molar-refractivity contribution in [1.29, 1.82) is 0 Å². The van der Waals surface area contributed by atoms with Crippen LogP contribution in [-0.4, -0.2) is 30.4 Å². The summed E-state index contributed by atoms with van der Waals surface area (Å²) < 4.78 is 26.5. The Morgan fingerprint density at radius 3 is 2.06 bits per heavy atom. The Kier molecular flexibility index (Phi) is 7.74. The average molecular weight is 379 g/mol. The summed E-state index contributed by atoms with van der Waals surface area (Å²) in [4.78, 5) is 0. The van der Waals surface area contributed by atoms with Crippen molar-refractivity contribution in [2.24, 2.45) is 5.92 Å². The molecule has 0 aliphatic rings. The van der Waals surface area contributed by atoms with Gasteiger partial charge in [0.05, 0.1) is 11.3 Å².